The molecule has 2 atom stereocenters. The highest BCUT2D eigenvalue weighted by molar-refractivity contribution is 5.95. The van der Waals surface area contributed by atoms with E-state index in [2.05, 4.69) is 14.2 Å². The number of nitrogens with one attached hydrogen (secondary N) is 2. The Hall–Kier alpha value is -3.28. The van der Waals surface area contributed by atoms with Crippen molar-refractivity contribution in [1.29, 1.82) is 0 Å². The molecule has 0 aliphatic rings. The van der Waals surface area contributed by atoms with Crippen molar-refractivity contribution in [2.24, 2.45) is 0 Å². The van der Waals surface area contributed by atoms with Gasteiger partial charge in [0.25, 0.3) is 5.60 Å². The zero-order chi connectivity index (χ0) is 29.7. The van der Waals surface area contributed by atoms with E-state index in [1.807, 2.05) is 0 Å². The number of amides is 2. The summed E-state index contributed by atoms with van der Waals surface area (Å²) in [6.07, 6.45) is -16.9. The van der Waals surface area contributed by atoms with Crippen molar-refractivity contribution in [3.63, 3.8) is 0 Å². The number of urea groups is 1. The van der Waals surface area contributed by atoms with Crippen molar-refractivity contribution in [3.05, 3.63) is 29.3 Å². The van der Waals surface area contributed by atoms with Gasteiger partial charge in [-0.1, -0.05) is 12.1 Å². The maximum absolute atomic E-state index is 13.7. The van der Waals surface area contributed by atoms with E-state index in [1.54, 1.807) is 5.32 Å². The first-order valence-corrected chi connectivity index (χ1v) is 10.3. The van der Waals surface area contributed by atoms with Crippen LogP contribution in [0.5, 0.6) is 0 Å². The van der Waals surface area contributed by atoms with Gasteiger partial charge in [0.1, 0.15) is 6.61 Å². The summed E-state index contributed by atoms with van der Waals surface area (Å²) >= 11 is 0. The molecule has 0 spiro atoms. The molecule has 0 aliphatic heterocycles. The van der Waals surface area contributed by atoms with Gasteiger partial charge in [-0.15, -0.1) is 0 Å². The average molecular weight is 572 g/mol. The van der Waals surface area contributed by atoms with Crippen molar-refractivity contribution in [2.75, 3.05) is 25.1 Å². The molecule has 0 bridgehead atoms. The summed E-state index contributed by atoms with van der Waals surface area (Å²) in [5.74, 6) is -4.53. The number of benzene rings is 1. The molecule has 1 aromatic rings. The number of aliphatic hydroxyl groups is 1. The zero-order valence-electron chi connectivity index (χ0n) is 19.7. The van der Waals surface area contributed by atoms with Crippen molar-refractivity contribution in [1.82, 2.24) is 5.32 Å². The third-order valence-corrected chi connectivity index (χ3v) is 4.58. The Labute approximate surface area is 208 Å². The third-order valence-electron chi connectivity index (χ3n) is 4.58. The summed E-state index contributed by atoms with van der Waals surface area (Å²) in [4.78, 5) is 36.2. The van der Waals surface area contributed by atoms with Crippen LogP contribution < -0.4 is 10.6 Å². The van der Waals surface area contributed by atoms with Gasteiger partial charge in [-0.3, -0.25) is 5.32 Å². The second kappa shape index (κ2) is 11.6. The van der Waals surface area contributed by atoms with E-state index in [0.29, 0.717) is 18.2 Å². The molecule has 2 amide bonds. The van der Waals surface area contributed by atoms with Gasteiger partial charge < -0.3 is 24.6 Å². The van der Waals surface area contributed by atoms with E-state index in [1.165, 1.54) is 6.92 Å². The van der Waals surface area contributed by atoms with Crippen LogP contribution in [0.4, 0.5) is 50.0 Å². The van der Waals surface area contributed by atoms with Gasteiger partial charge in [-0.25, -0.2) is 14.4 Å². The Balaban J connectivity index is 3.40. The summed E-state index contributed by atoms with van der Waals surface area (Å²) in [7, 11) is 0. The lowest BCUT2D eigenvalue weighted by molar-refractivity contribution is -0.305. The first kappa shape index (κ1) is 32.7. The van der Waals surface area contributed by atoms with Crippen LogP contribution in [0.3, 0.4) is 0 Å². The van der Waals surface area contributed by atoms with Crippen LogP contribution in [0.15, 0.2) is 18.2 Å². The van der Waals surface area contributed by atoms with Gasteiger partial charge in [0, 0.05) is 11.3 Å². The van der Waals surface area contributed by atoms with Crippen molar-refractivity contribution in [3.8, 4) is 0 Å². The standard InChI is InChI=1S/C20H21F9N2O7/c1-4-36-13(32)17(35,19(24,25)26)11-6-7-12(10(3)8-11)30-15(34)31-18(20(27,28)29,14(33)37-5-2)38-9-16(21,22)23/h6-8,35H,4-5,9H2,1-3H3,(H2,30,31,34)/t17-,18+/m0/s1. The van der Waals surface area contributed by atoms with Crippen molar-refractivity contribution >= 4 is 23.7 Å². The molecule has 0 saturated heterocycles. The Morgan fingerprint density at radius 3 is 1.82 bits per heavy atom. The molecule has 0 fully saturated rings. The van der Waals surface area contributed by atoms with E-state index in [-0.39, 0.29) is 5.56 Å². The number of anilines is 1. The Morgan fingerprint density at radius 1 is 0.868 bits per heavy atom. The number of aryl methyl sites for hydroxylation is 1. The van der Waals surface area contributed by atoms with Gasteiger partial charge in [0.15, 0.2) is 0 Å². The smallest absolute Gasteiger partial charge is 0.448 e. The number of hydrogen-bond donors (Lipinski definition) is 3. The number of ether oxygens (including phenoxy) is 3. The summed E-state index contributed by atoms with van der Waals surface area (Å²) < 4.78 is 132. The van der Waals surface area contributed by atoms with Crippen LogP contribution in [-0.4, -0.2) is 67.2 Å². The van der Waals surface area contributed by atoms with Crippen LogP contribution in [0, 0.1) is 6.92 Å². The van der Waals surface area contributed by atoms with Crippen LogP contribution in [-0.2, 0) is 29.4 Å². The largest absolute Gasteiger partial charge is 0.463 e. The zero-order valence-corrected chi connectivity index (χ0v) is 19.7. The minimum absolute atomic E-state index is 0.366. The molecule has 0 saturated carbocycles. The summed E-state index contributed by atoms with van der Waals surface area (Å²) in [5, 5.41) is 12.7. The summed E-state index contributed by atoms with van der Waals surface area (Å²) in [6.45, 7) is -0.730. The number of carbonyl (C=O) groups is 3. The highest BCUT2D eigenvalue weighted by Crippen LogP contribution is 2.41. The molecule has 0 heterocycles. The first-order valence-electron chi connectivity index (χ1n) is 10.3. The number of alkyl halides is 9. The molecule has 1 rings (SSSR count). The topological polar surface area (TPSA) is 123 Å². The number of esters is 2. The Kier molecular flexibility index (Phi) is 10.0. The lowest BCUT2D eigenvalue weighted by atomic mass is 9.91. The minimum atomic E-state index is -5.98. The number of rotatable bonds is 9. The maximum atomic E-state index is 13.7. The van der Waals surface area contributed by atoms with Gasteiger partial charge in [0.05, 0.1) is 13.2 Å². The van der Waals surface area contributed by atoms with Gasteiger partial charge in [-0.05, 0) is 32.4 Å². The van der Waals surface area contributed by atoms with Crippen LogP contribution in [0.2, 0.25) is 0 Å². The second-order valence-corrected chi connectivity index (χ2v) is 7.34. The fourth-order valence-corrected chi connectivity index (χ4v) is 2.81. The van der Waals surface area contributed by atoms with Gasteiger partial charge in [0.2, 0.25) is 0 Å². The summed E-state index contributed by atoms with van der Waals surface area (Å²) in [6, 6.07) is -0.320. The Bertz CT molecular complexity index is 1030. The predicted octanol–water partition coefficient (Wildman–Crippen LogP) is 3.83. The lowest BCUT2D eigenvalue weighted by Gasteiger charge is -2.33. The van der Waals surface area contributed by atoms with Crippen LogP contribution in [0.1, 0.15) is 25.0 Å². The highest BCUT2D eigenvalue weighted by Gasteiger charge is 2.66. The molecule has 3 N–H and O–H groups in total. The van der Waals surface area contributed by atoms with E-state index in [9.17, 15) is 59.0 Å². The van der Waals surface area contributed by atoms with Crippen LogP contribution >= 0.6 is 0 Å². The monoisotopic (exact) mass is 572 g/mol. The maximum Gasteiger partial charge on any atom is 0.448 e. The number of hydrogen-bond acceptors (Lipinski definition) is 7. The molecule has 0 unspecified atom stereocenters. The van der Waals surface area contributed by atoms with E-state index >= 15 is 0 Å². The molecule has 9 nitrogen and oxygen atoms in total. The van der Waals surface area contributed by atoms with E-state index in [4.69, 9.17) is 0 Å². The highest BCUT2D eigenvalue weighted by atomic mass is 19.4. The van der Waals surface area contributed by atoms with Crippen molar-refractivity contribution < 1.29 is 73.2 Å². The molecule has 0 aromatic heterocycles. The van der Waals surface area contributed by atoms with E-state index < -0.39 is 78.9 Å². The minimum Gasteiger partial charge on any atom is -0.463 e. The van der Waals surface area contributed by atoms with Crippen LogP contribution in [0.25, 0.3) is 0 Å². The molecule has 0 aliphatic carbocycles. The fourth-order valence-electron chi connectivity index (χ4n) is 2.81. The molecule has 1 aromatic carbocycles. The molecule has 0 radical (unpaired) electrons. The predicted molar refractivity (Wildman–Crippen MR) is 107 cm³/mol. The quantitative estimate of drug-likeness (QED) is 0.234. The lowest BCUT2D eigenvalue weighted by Crippen LogP contribution is -2.67. The fraction of sp³-hybridized carbons (Fsp3) is 0.550. The van der Waals surface area contributed by atoms with Gasteiger partial charge in [-0.2, -0.15) is 39.5 Å². The number of halogens is 9. The molecule has 216 valence electrons. The molecular weight excluding hydrogens is 551 g/mol. The third kappa shape index (κ3) is 7.18. The second-order valence-electron chi connectivity index (χ2n) is 7.34. The van der Waals surface area contributed by atoms with Gasteiger partial charge >= 0.3 is 42.2 Å². The molecule has 18 heteroatoms. The van der Waals surface area contributed by atoms with E-state index in [0.717, 1.165) is 19.2 Å². The molecular formula is C20H21F9N2O7. The normalized spacial score (nSPS) is 15.6. The SMILES string of the molecule is CCOC(=O)[C@@](O)(c1ccc(NC(=O)N[C@@](OCC(F)(F)F)(C(=O)OCC)C(F)(F)F)c(C)c1)C(F)(F)F. The Morgan fingerprint density at radius 2 is 1.39 bits per heavy atom. The average Bonchev–Trinajstić information content (AvgIpc) is 2.75. The molecule has 38 heavy (non-hydrogen) atoms. The number of carbonyl (C=O) groups excluding carboxylic acids is 3. The van der Waals surface area contributed by atoms with Crippen molar-refractivity contribution in [2.45, 2.75) is 50.6 Å². The first-order chi connectivity index (χ1) is 17.2. The summed E-state index contributed by atoms with van der Waals surface area (Å²) in [5.41, 5.74) is -10.8.